The predicted molar refractivity (Wildman–Crippen MR) is 84.9 cm³/mol. The van der Waals surface area contributed by atoms with Gasteiger partial charge in [-0.1, -0.05) is 13.8 Å². The number of rotatable bonds is 8. The van der Waals surface area contributed by atoms with Gasteiger partial charge in [0.05, 0.1) is 6.04 Å². The van der Waals surface area contributed by atoms with Gasteiger partial charge in [0.25, 0.3) is 0 Å². The van der Waals surface area contributed by atoms with E-state index in [2.05, 4.69) is 18.9 Å². The first kappa shape index (κ1) is 18.1. The van der Waals surface area contributed by atoms with Crippen molar-refractivity contribution in [2.75, 3.05) is 20.1 Å². The first-order valence-electron chi connectivity index (χ1n) is 8.05. The quantitative estimate of drug-likeness (QED) is 0.685. The summed E-state index contributed by atoms with van der Waals surface area (Å²) in [6.07, 6.45) is 4.59. The van der Waals surface area contributed by atoms with Crippen molar-refractivity contribution in [1.29, 1.82) is 0 Å². The highest BCUT2D eigenvalue weighted by Crippen LogP contribution is 2.24. The third-order valence-corrected chi connectivity index (χ3v) is 4.46. The molecule has 5 nitrogen and oxygen atoms in total. The van der Waals surface area contributed by atoms with Gasteiger partial charge in [-0.05, 0) is 39.2 Å². The van der Waals surface area contributed by atoms with E-state index in [1.807, 2.05) is 13.8 Å². The van der Waals surface area contributed by atoms with Crippen LogP contribution in [0.5, 0.6) is 0 Å². The molecular formula is C16H31N3O2. The van der Waals surface area contributed by atoms with Gasteiger partial charge in [0.2, 0.25) is 5.91 Å². The number of nitrogens with zero attached hydrogens (tertiary/aromatic N) is 2. The molecule has 3 unspecified atom stereocenters. The van der Waals surface area contributed by atoms with Crippen molar-refractivity contribution in [3.8, 4) is 0 Å². The first-order chi connectivity index (χ1) is 9.85. The largest absolute Gasteiger partial charge is 0.341 e. The Labute approximate surface area is 128 Å². The van der Waals surface area contributed by atoms with Crippen LogP contribution < -0.4 is 5.73 Å². The topological polar surface area (TPSA) is 66.6 Å². The van der Waals surface area contributed by atoms with E-state index in [1.165, 1.54) is 12.8 Å². The molecule has 0 bridgehead atoms. The van der Waals surface area contributed by atoms with Gasteiger partial charge in [-0.15, -0.1) is 0 Å². The minimum Gasteiger partial charge on any atom is -0.341 e. The average Bonchev–Trinajstić information content (AvgIpc) is 2.73. The Morgan fingerprint density at radius 3 is 2.57 bits per heavy atom. The minimum atomic E-state index is -0.582. The number of hydrogen-bond acceptors (Lipinski definition) is 4. The van der Waals surface area contributed by atoms with E-state index in [9.17, 15) is 9.59 Å². The smallest absolute Gasteiger partial charge is 0.222 e. The number of aldehydes is 1. The van der Waals surface area contributed by atoms with Crippen LogP contribution in [-0.4, -0.2) is 60.3 Å². The lowest BCUT2D eigenvalue weighted by Crippen LogP contribution is -2.44. The molecule has 3 atom stereocenters. The fourth-order valence-corrected chi connectivity index (χ4v) is 2.95. The molecule has 1 heterocycles. The van der Waals surface area contributed by atoms with Crippen molar-refractivity contribution >= 4 is 12.2 Å². The van der Waals surface area contributed by atoms with Crippen LogP contribution in [0.25, 0.3) is 0 Å². The van der Waals surface area contributed by atoms with E-state index in [1.54, 1.807) is 4.90 Å². The van der Waals surface area contributed by atoms with Crippen LogP contribution in [-0.2, 0) is 9.59 Å². The zero-order valence-electron chi connectivity index (χ0n) is 13.9. The number of amides is 1. The normalized spacial score (nSPS) is 24.3. The summed E-state index contributed by atoms with van der Waals surface area (Å²) in [7, 11) is 2.15. The summed E-state index contributed by atoms with van der Waals surface area (Å²) in [6, 6.07) is 0.565. The number of carbonyl (C=O) groups excluding carboxylic acids is 2. The molecule has 1 fully saturated rings. The number of hydrogen-bond donors (Lipinski definition) is 1. The number of carbonyl (C=O) groups is 2. The summed E-state index contributed by atoms with van der Waals surface area (Å²) in [4.78, 5) is 27.2. The molecule has 0 saturated carbocycles. The minimum absolute atomic E-state index is 0.107. The lowest BCUT2D eigenvalue weighted by Gasteiger charge is -2.29. The van der Waals surface area contributed by atoms with E-state index in [-0.39, 0.29) is 5.91 Å². The first-order valence-corrected chi connectivity index (χ1v) is 8.05. The lowest BCUT2D eigenvalue weighted by molar-refractivity contribution is -0.132. The second kappa shape index (κ2) is 8.49. The Morgan fingerprint density at radius 2 is 2.10 bits per heavy atom. The van der Waals surface area contributed by atoms with Crippen LogP contribution in [0, 0.1) is 5.92 Å². The van der Waals surface area contributed by atoms with Gasteiger partial charge < -0.3 is 20.3 Å². The van der Waals surface area contributed by atoms with E-state index in [4.69, 9.17) is 5.73 Å². The molecule has 1 saturated heterocycles. The maximum absolute atomic E-state index is 12.3. The molecular weight excluding hydrogens is 266 g/mol. The second-order valence-corrected chi connectivity index (χ2v) is 6.77. The molecule has 1 amide bonds. The third kappa shape index (κ3) is 5.75. The standard InChI is InChI=1S/C16H31N3O2/c1-12(2)9-16(21)19(10-14(17)11-20)8-7-15-6-5-13(3)18(15)4/h11-15H,5-10,17H2,1-4H3. The summed E-state index contributed by atoms with van der Waals surface area (Å²) in [5.41, 5.74) is 5.70. The van der Waals surface area contributed by atoms with Crippen LogP contribution in [0.15, 0.2) is 0 Å². The van der Waals surface area contributed by atoms with Gasteiger partial charge in [-0.2, -0.15) is 0 Å². The molecule has 1 aliphatic heterocycles. The molecule has 0 spiro atoms. The van der Waals surface area contributed by atoms with Gasteiger partial charge in [0.15, 0.2) is 0 Å². The van der Waals surface area contributed by atoms with Crippen LogP contribution in [0.1, 0.15) is 46.5 Å². The van der Waals surface area contributed by atoms with Gasteiger partial charge in [0.1, 0.15) is 6.29 Å². The Bertz CT molecular complexity index is 346. The molecule has 0 aromatic rings. The lowest BCUT2D eigenvalue weighted by atomic mass is 10.1. The fourth-order valence-electron chi connectivity index (χ4n) is 2.95. The molecule has 0 aliphatic carbocycles. The highest BCUT2D eigenvalue weighted by molar-refractivity contribution is 5.77. The van der Waals surface area contributed by atoms with Crippen molar-refractivity contribution in [1.82, 2.24) is 9.80 Å². The van der Waals surface area contributed by atoms with E-state index in [0.29, 0.717) is 37.5 Å². The SMILES string of the molecule is CC(C)CC(=O)N(CCC1CCC(C)N1C)CC(N)C=O. The van der Waals surface area contributed by atoms with Crippen LogP contribution in [0.3, 0.4) is 0 Å². The fraction of sp³-hybridized carbons (Fsp3) is 0.875. The summed E-state index contributed by atoms with van der Waals surface area (Å²) in [6.45, 7) is 7.32. The summed E-state index contributed by atoms with van der Waals surface area (Å²) in [5.74, 6) is 0.428. The van der Waals surface area contributed by atoms with Crippen molar-refractivity contribution in [3.05, 3.63) is 0 Å². The molecule has 5 heteroatoms. The van der Waals surface area contributed by atoms with Crippen LogP contribution >= 0.6 is 0 Å². The second-order valence-electron chi connectivity index (χ2n) is 6.77. The average molecular weight is 297 g/mol. The zero-order chi connectivity index (χ0) is 16.0. The highest BCUT2D eigenvalue weighted by atomic mass is 16.2. The Morgan fingerprint density at radius 1 is 1.43 bits per heavy atom. The van der Waals surface area contributed by atoms with Gasteiger partial charge in [-0.25, -0.2) is 0 Å². The van der Waals surface area contributed by atoms with E-state index >= 15 is 0 Å². The molecule has 1 rings (SSSR count). The summed E-state index contributed by atoms with van der Waals surface area (Å²) in [5, 5.41) is 0. The van der Waals surface area contributed by atoms with Gasteiger partial charge in [-0.3, -0.25) is 4.79 Å². The number of nitrogens with two attached hydrogens (primary N) is 1. The van der Waals surface area contributed by atoms with Crippen LogP contribution in [0.2, 0.25) is 0 Å². The van der Waals surface area contributed by atoms with Crippen molar-refractivity contribution in [3.63, 3.8) is 0 Å². The molecule has 1 aliphatic rings. The van der Waals surface area contributed by atoms with E-state index < -0.39 is 6.04 Å². The summed E-state index contributed by atoms with van der Waals surface area (Å²) < 4.78 is 0. The highest BCUT2D eigenvalue weighted by Gasteiger charge is 2.28. The Balaban J connectivity index is 2.55. The monoisotopic (exact) mass is 297 g/mol. The Kier molecular flexibility index (Phi) is 7.32. The molecule has 2 N–H and O–H groups in total. The van der Waals surface area contributed by atoms with Crippen molar-refractivity contribution in [2.24, 2.45) is 11.7 Å². The molecule has 21 heavy (non-hydrogen) atoms. The summed E-state index contributed by atoms with van der Waals surface area (Å²) >= 11 is 0. The third-order valence-electron chi connectivity index (χ3n) is 4.46. The molecule has 122 valence electrons. The molecule has 0 radical (unpaired) electrons. The van der Waals surface area contributed by atoms with E-state index in [0.717, 1.165) is 12.7 Å². The van der Waals surface area contributed by atoms with Crippen molar-refractivity contribution < 1.29 is 9.59 Å². The molecule has 0 aromatic carbocycles. The van der Waals surface area contributed by atoms with Crippen molar-refractivity contribution in [2.45, 2.75) is 64.6 Å². The number of likely N-dealkylation sites (tertiary alicyclic amines) is 1. The maximum atomic E-state index is 12.3. The predicted octanol–water partition coefficient (Wildman–Crippen LogP) is 1.26. The van der Waals surface area contributed by atoms with Gasteiger partial charge in [0, 0.05) is 31.6 Å². The zero-order valence-corrected chi connectivity index (χ0v) is 13.9. The van der Waals surface area contributed by atoms with Gasteiger partial charge >= 0.3 is 0 Å². The maximum Gasteiger partial charge on any atom is 0.222 e. The van der Waals surface area contributed by atoms with Crippen LogP contribution in [0.4, 0.5) is 0 Å². The Hall–Kier alpha value is -0.940. The molecule has 0 aromatic heterocycles.